The van der Waals surface area contributed by atoms with Gasteiger partial charge in [-0.1, -0.05) is 0 Å². The molecule has 0 spiro atoms. The summed E-state index contributed by atoms with van der Waals surface area (Å²) >= 11 is 1.77. The first-order chi connectivity index (χ1) is 8.79. The second kappa shape index (κ2) is 4.93. The van der Waals surface area contributed by atoms with E-state index in [1.165, 1.54) is 12.0 Å². The Bertz CT molecular complexity index is 392. The van der Waals surface area contributed by atoms with Gasteiger partial charge in [0.25, 0.3) is 0 Å². The molecule has 4 unspecified atom stereocenters. The zero-order chi connectivity index (χ0) is 12.6. The van der Waals surface area contributed by atoms with Gasteiger partial charge in [0.15, 0.2) is 12.1 Å². The van der Waals surface area contributed by atoms with E-state index in [1.54, 1.807) is 25.6 Å². The van der Waals surface area contributed by atoms with Gasteiger partial charge in [-0.05, 0) is 41.1 Å². The Balaban J connectivity index is 1.89. The first-order valence-corrected chi connectivity index (χ1v) is 7.51. The van der Waals surface area contributed by atoms with E-state index < -0.39 is 5.79 Å². The van der Waals surface area contributed by atoms with Gasteiger partial charge in [0, 0.05) is 33.0 Å². The summed E-state index contributed by atoms with van der Waals surface area (Å²) in [5.41, 5.74) is 1.44. The zero-order valence-electron chi connectivity index (χ0n) is 10.9. The molecular weight excluding hydrogens is 248 g/mol. The van der Waals surface area contributed by atoms with Crippen molar-refractivity contribution in [3.63, 3.8) is 0 Å². The minimum atomic E-state index is -0.425. The maximum Gasteiger partial charge on any atom is 0.174 e. The maximum absolute atomic E-state index is 6.04. The van der Waals surface area contributed by atoms with E-state index in [-0.39, 0.29) is 6.29 Å². The molecule has 100 valence electrons. The Morgan fingerprint density at radius 2 is 2.33 bits per heavy atom. The molecule has 1 aliphatic heterocycles. The molecule has 0 bridgehead atoms. The summed E-state index contributed by atoms with van der Waals surface area (Å²) in [6.07, 6.45) is 4.18. The van der Waals surface area contributed by atoms with Gasteiger partial charge >= 0.3 is 0 Å². The van der Waals surface area contributed by atoms with Gasteiger partial charge in [-0.15, -0.1) is 0 Å². The molecule has 1 aromatic rings. The molecule has 1 aliphatic carbocycles. The monoisotopic (exact) mass is 268 g/mol. The van der Waals surface area contributed by atoms with Crippen LogP contribution >= 0.6 is 11.3 Å². The maximum atomic E-state index is 6.04. The molecule has 0 amide bonds. The minimum Gasteiger partial charge on any atom is -0.356 e. The van der Waals surface area contributed by atoms with Crippen molar-refractivity contribution in [2.24, 2.45) is 5.92 Å². The SMILES string of the molecule is COC1CC2C(c3ccsc3)CCCC2(OC)O1. The number of hydrogen-bond acceptors (Lipinski definition) is 4. The molecule has 1 aromatic heterocycles. The summed E-state index contributed by atoms with van der Waals surface area (Å²) in [6.45, 7) is 0. The Morgan fingerprint density at radius 1 is 1.44 bits per heavy atom. The van der Waals surface area contributed by atoms with Crippen LogP contribution in [0.25, 0.3) is 0 Å². The normalized spacial score (nSPS) is 39.8. The smallest absolute Gasteiger partial charge is 0.174 e. The molecule has 4 heteroatoms. The van der Waals surface area contributed by atoms with Gasteiger partial charge in [-0.25, -0.2) is 0 Å². The van der Waals surface area contributed by atoms with Crippen LogP contribution in [0, 0.1) is 5.92 Å². The third kappa shape index (κ3) is 1.92. The molecule has 3 rings (SSSR count). The number of rotatable bonds is 3. The molecule has 1 saturated carbocycles. The highest BCUT2D eigenvalue weighted by atomic mass is 32.1. The molecule has 3 nitrogen and oxygen atoms in total. The summed E-state index contributed by atoms with van der Waals surface area (Å²) < 4.78 is 17.2. The van der Waals surface area contributed by atoms with E-state index in [9.17, 15) is 0 Å². The second-order valence-electron chi connectivity index (χ2n) is 5.20. The van der Waals surface area contributed by atoms with E-state index in [2.05, 4.69) is 16.8 Å². The fraction of sp³-hybridized carbons (Fsp3) is 0.714. The zero-order valence-corrected chi connectivity index (χ0v) is 11.7. The minimum absolute atomic E-state index is 0.116. The van der Waals surface area contributed by atoms with Crippen LogP contribution in [0.1, 0.15) is 37.2 Å². The summed E-state index contributed by atoms with van der Waals surface area (Å²) in [7, 11) is 3.48. The van der Waals surface area contributed by atoms with Crippen molar-refractivity contribution in [3.8, 4) is 0 Å². The highest BCUT2D eigenvalue weighted by Crippen LogP contribution is 2.53. The standard InChI is InChI=1S/C14H20O3S/c1-15-13-8-12-11(10-5-7-18-9-10)4-3-6-14(12,16-2)17-13/h5,7,9,11-13H,3-4,6,8H2,1-2H3. The van der Waals surface area contributed by atoms with E-state index >= 15 is 0 Å². The van der Waals surface area contributed by atoms with Crippen molar-refractivity contribution in [1.29, 1.82) is 0 Å². The van der Waals surface area contributed by atoms with Gasteiger partial charge in [-0.2, -0.15) is 11.3 Å². The van der Waals surface area contributed by atoms with Crippen molar-refractivity contribution in [1.82, 2.24) is 0 Å². The molecular formula is C14H20O3S. The van der Waals surface area contributed by atoms with Crippen LogP contribution in [-0.2, 0) is 14.2 Å². The number of ether oxygens (including phenoxy) is 3. The lowest BCUT2D eigenvalue weighted by molar-refractivity contribution is -0.278. The molecule has 0 aromatic carbocycles. The number of fused-ring (bicyclic) bond motifs is 1. The van der Waals surface area contributed by atoms with Crippen LogP contribution in [-0.4, -0.2) is 26.3 Å². The highest BCUT2D eigenvalue weighted by Gasteiger charge is 2.54. The van der Waals surface area contributed by atoms with Crippen LogP contribution in [0.4, 0.5) is 0 Å². The topological polar surface area (TPSA) is 27.7 Å². The summed E-state index contributed by atoms with van der Waals surface area (Å²) in [6, 6.07) is 2.24. The molecule has 1 saturated heterocycles. The highest BCUT2D eigenvalue weighted by molar-refractivity contribution is 7.07. The van der Waals surface area contributed by atoms with Crippen molar-refractivity contribution in [2.75, 3.05) is 14.2 Å². The van der Waals surface area contributed by atoms with Gasteiger partial charge < -0.3 is 14.2 Å². The average molecular weight is 268 g/mol. The molecule has 2 aliphatic rings. The number of thiophene rings is 1. The second-order valence-corrected chi connectivity index (χ2v) is 5.98. The first kappa shape index (κ1) is 12.6. The molecule has 2 fully saturated rings. The summed E-state index contributed by atoms with van der Waals surface area (Å²) in [4.78, 5) is 0. The third-order valence-corrected chi connectivity index (χ3v) is 5.15. The van der Waals surface area contributed by atoms with Crippen LogP contribution in [0.2, 0.25) is 0 Å². The lowest BCUT2D eigenvalue weighted by atomic mass is 9.72. The van der Waals surface area contributed by atoms with E-state index in [4.69, 9.17) is 14.2 Å². The van der Waals surface area contributed by atoms with E-state index in [1.807, 2.05) is 0 Å². The van der Waals surface area contributed by atoms with Crippen molar-refractivity contribution < 1.29 is 14.2 Å². The molecule has 0 radical (unpaired) electrons. The largest absolute Gasteiger partial charge is 0.356 e. The fourth-order valence-corrected chi connectivity index (χ4v) is 4.29. The Kier molecular flexibility index (Phi) is 3.45. The molecule has 4 atom stereocenters. The predicted octanol–water partition coefficient (Wildman–Crippen LogP) is 3.37. The van der Waals surface area contributed by atoms with Crippen molar-refractivity contribution in [3.05, 3.63) is 22.4 Å². The predicted molar refractivity (Wildman–Crippen MR) is 70.6 cm³/mol. The van der Waals surface area contributed by atoms with Crippen LogP contribution in [0.3, 0.4) is 0 Å². The van der Waals surface area contributed by atoms with Crippen LogP contribution in [0.5, 0.6) is 0 Å². The quantitative estimate of drug-likeness (QED) is 0.841. The van der Waals surface area contributed by atoms with Gasteiger partial charge in [0.1, 0.15) is 0 Å². The lowest BCUT2D eigenvalue weighted by Crippen LogP contribution is -2.43. The molecule has 18 heavy (non-hydrogen) atoms. The van der Waals surface area contributed by atoms with E-state index in [0.717, 1.165) is 19.3 Å². The first-order valence-electron chi connectivity index (χ1n) is 6.57. The molecule has 2 heterocycles. The number of hydrogen-bond donors (Lipinski definition) is 0. The Morgan fingerprint density at radius 3 is 3.00 bits per heavy atom. The van der Waals surface area contributed by atoms with Crippen molar-refractivity contribution in [2.45, 2.75) is 43.7 Å². The number of methoxy groups -OCH3 is 2. The Hall–Kier alpha value is -0.420. The van der Waals surface area contributed by atoms with Crippen LogP contribution in [0.15, 0.2) is 16.8 Å². The Labute approximate surface area is 112 Å². The third-order valence-electron chi connectivity index (χ3n) is 4.45. The summed E-state index contributed by atoms with van der Waals surface area (Å²) in [5, 5.41) is 4.42. The summed E-state index contributed by atoms with van der Waals surface area (Å²) in [5.74, 6) is 0.534. The van der Waals surface area contributed by atoms with Crippen molar-refractivity contribution >= 4 is 11.3 Å². The van der Waals surface area contributed by atoms with Gasteiger partial charge in [-0.3, -0.25) is 0 Å². The van der Waals surface area contributed by atoms with Crippen LogP contribution < -0.4 is 0 Å². The van der Waals surface area contributed by atoms with Gasteiger partial charge in [0.2, 0.25) is 0 Å². The van der Waals surface area contributed by atoms with Gasteiger partial charge in [0.05, 0.1) is 0 Å². The fourth-order valence-electron chi connectivity index (χ4n) is 3.56. The lowest BCUT2D eigenvalue weighted by Gasteiger charge is -2.41. The molecule has 0 N–H and O–H groups in total. The van der Waals surface area contributed by atoms with E-state index in [0.29, 0.717) is 11.8 Å². The average Bonchev–Trinajstić information content (AvgIpc) is 3.05.